The average molecular weight is 340 g/mol. The summed E-state index contributed by atoms with van der Waals surface area (Å²) in [5.74, 6) is 5.47. The van der Waals surface area contributed by atoms with Crippen LogP contribution in [0, 0.1) is 11.8 Å². The molecule has 0 radical (unpaired) electrons. The van der Waals surface area contributed by atoms with Gasteiger partial charge >= 0.3 is 5.97 Å². The number of rotatable bonds is 3. The first kappa shape index (κ1) is 16.7. The predicted molar refractivity (Wildman–Crippen MR) is 89.4 cm³/mol. The van der Waals surface area contributed by atoms with Crippen molar-refractivity contribution in [2.45, 2.75) is 12.3 Å². The SMILES string of the molecule is Cn1cc(C#Cc2ccc(OC3NNNC3C(=O)O)cc2)ccc1=O. The monoisotopic (exact) mass is 340 g/mol. The van der Waals surface area contributed by atoms with Crippen LogP contribution in [0.2, 0.25) is 0 Å². The molecule has 1 saturated heterocycles. The minimum atomic E-state index is -1.03. The van der Waals surface area contributed by atoms with Gasteiger partial charge in [-0.15, -0.1) is 0 Å². The van der Waals surface area contributed by atoms with Gasteiger partial charge in [-0.3, -0.25) is 9.59 Å². The van der Waals surface area contributed by atoms with Crippen LogP contribution in [-0.4, -0.2) is 27.9 Å². The first-order valence-electron chi connectivity index (χ1n) is 7.47. The number of ether oxygens (including phenoxy) is 1. The van der Waals surface area contributed by atoms with Crippen LogP contribution < -0.4 is 26.7 Å². The molecular weight excluding hydrogens is 324 g/mol. The summed E-state index contributed by atoms with van der Waals surface area (Å²) in [5.41, 5.74) is 9.19. The van der Waals surface area contributed by atoms with E-state index in [9.17, 15) is 9.59 Å². The van der Waals surface area contributed by atoms with Crippen molar-refractivity contribution in [3.63, 3.8) is 0 Å². The second-order valence-corrected chi connectivity index (χ2v) is 5.41. The van der Waals surface area contributed by atoms with Crippen LogP contribution in [0.15, 0.2) is 47.4 Å². The van der Waals surface area contributed by atoms with E-state index in [2.05, 4.69) is 28.2 Å². The summed E-state index contributed by atoms with van der Waals surface area (Å²) < 4.78 is 7.06. The van der Waals surface area contributed by atoms with E-state index in [1.54, 1.807) is 43.6 Å². The molecule has 128 valence electrons. The van der Waals surface area contributed by atoms with E-state index < -0.39 is 18.2 Å². The molecule has 0 spiro atoms. The molecule has 0 saturated carbocycles. The van der Waals surface area contributed by atoms with Gasteiger partial charge in [0.1, 0.15) is 5.75 Å². The van der Waals surface area contributed by atoms with Crippen LogP contribution in [0.25, 0.3) is 0 Å². The van der Waals surface area contributed by atoms with Gasteiger partial charge in [0.15, 0.2) is 12.3 Å². The Morgan fingerprint density at radius 1 is 1.12 bits per heavy atom. The quantitative estimate of drug-likeness (QED) is 0.561. The number of benzene rings is 1. The molecule has 1 aromatic carbocycles. The van der Waals surface area contributed by atoms with Crippen molar-refractivity contribution in [2.75, 3.05) is 0 Å². The Morgan fingerprint density at radius 2 is 1.80 bits per heavy atom. The molecule has 0 bridgehead atoms. The normalized spacial score (nSPS) is 19.1. The number of nitrogens with zero attached hydrogens (tertiary/aromatic N) is 1. The summed E-state index contributed by atoms with van der Waals surface area (Å²) in [6.45, 7) is 0. The highest BCUT2D eigenvalue weighted by molar-refractivity contribution is 5.74. The highest BCUT2D eigenvalue weighted by Gasteiger charge is 2.34. The number of aromatic nitrogens is 1. The van der Waals surface area contributed by atoms with Crippen LogP contribution in [0.5, 0.6) is 5.75 Å². The van der Waals surface area contributed by atoms with Crippen molar-refractivity contribution in [3.05, 3.63) is 64.1 Å². The van der Waals surface area contributed by atoms with Gasteiger partial charge in [0, 0.05) is 30.4 Å². The van der Waals surface area contributed by atoms with E-state index in [0.29, 0.717) is 5.75 Å². The molecule has 4 N–H and O–H groups in total. The fourth-order valence-corrected chi connectivity index (χ4v) is 2.21. The Hall–Kier alpha value is -3.12. The van der Waals surface area contributed by atoms with Crippen molar-refractivity contribution in [1.82, 2.24) is 21.0 Å². The first-order chi connectivity index (χ1) is 12.0. The number of hydrogen-bond donors (Lipinski definition) is 4. The second kappa shape index (κ2) is 7.19. The van der Waals surface area contributed by atoms with E-state index in [1.807, 2.05) is 0 Å². The summed E-state index contributed by atoms with van der Waals surface area (Å²) in [5, 5.41) is 9.06. The lowest BCUT2D eigenvalue weighted by molar-refractivity contribution is -0.141. The highest BCUT2D eigenvalue weighted by atomic mass is 16.5. The predicted octanol–water partition coefficient (Wildman–Crippen LogP) is -0.444. The summed E-state index contributed by atoms with van der Waals surface area (Å²) in [4.78, 5) is 22.4. The molecule has 3 rings (SSSR count). The zero-order valence-electron chi connectivity index (χ0n) is 13.3. The molecule has 1 aliphatic rings. The Labute approximate surface area is 143 Å². The number of pyridine rings is 1. The van der Waals surface area contributed by atoms with Crippen LogP contribution in [0.3, 0.4) is 0 Å². The van der Waals surface area contributed by atoms with E-state index >= 15 is 0 Å². The number of carboxylic acid groups (broad SMARTS) is 1. The molecule has 1 aromatic heterocycles. The standard InChI is InChI=1S/C17H16N4O4/c1-21-10-12(6-9-14(21)22)3-2-11-4-7-13(8-5-11)25-16-15(17(23)24)18-20-19-16/h4-10,15-16,18-20H,1H3,(H,23,24). The van der Waals surface area contributed by atoms with E-state index in [-0.39, 0.29) is 5.56 Å². The van der Waals surface area contributed by atoms with Gasteiger partial charge in [-0.25, -0.2) is 10.9 Å². The maximum Gasteiger partial charge on any atom is 0.327 e. The van der Waals surface area contributed by atoms with E-state index in [4.69, 9.17) is 9.84 Å². The molecule has 8 heteroatoms. The van der Waals surface area contributed by atoms with Crippen molar-refractivity contribution < 1.29 is 14.6 Å². The number of hydrogen-bond acceptors (Lipinski definition) is 6. The Kier molecular flexibility index (Phi) is 4.81. The van der Waals surface area contributed by atoms with Gasteiger partial charge in [0.05, 0.1) is 0 Å². The smallest absolute Gasteiger partial charge is 0.327 e. The van der Waals surface area contributed by atoms with Crippen molar-refractivity contribution in [2.24, 2.45) is 7.05 Å². The van der Waals surface area contributed by atoms with Crippen molar-refractivity contribution in [1.29, 1.82) is 0 Å². The van der Waals surface area contributed by atoms with Crippen LogP contribution in [-0.2, 0) is 11.8 Å². The van der Waals surface area contributed by atoms with E-state index in [1.165, 1.54) is 10.6 Å². The lowest BCUT2D eigenvalue weighted by atomic mass is 10.2. The van der Waals surface area contributed by atoms with Gasteiger partial charge in [-0.05, 0) is 30.3 Å². The van der Waals surface area contributed by atoms with Gasteiger partial charge < -0.3 is 14.4 Å². The maximum absolute atomic E-state index is 11.3. The van der Waals surface area contributed by atoms with Gasteiger partial charge in [-0.1, -0.05) is 11.8 Å². The third-order valence-corrected chi connectivity index (χ3v) is 3.57. The zero-order chi connectivity index (χ0) is 17.8. The summed E-state index contributed by atoms with van der Waals surface area (Å²) in [7, 11) is 1.67. The van der Waals surface area contributed by atoms with Crippen molar-refractivity contribution >= 4 is 5.97 Å². The fourth-order valence-electron chi connectivity index (χ4n) is 2.21. The van der Waals surface area contributed by atoms with Crippen LogP contribution >= 0.6 is 0 Å². The summed E-state index contributed by atoms with van der Waals surface area (Å²) in [6, 6.07) is 9.21. The Morgan fingerprint density at radius 3 is 2.48 bits per heavy atom. The number of aliphatic carboxylic acids is 1. The number of aryl methyl sites for hydroxylation is 1. The molecule has 8 nitrogen and oxygen atoms in total. The molecule has 25 heavy (non-hydrogen) atoms. The lowest BCUT2D eigenvalue weighted by Gasteiger charge is -2.16. The van der Waals surface area contributed by atoms with Gasteiger partial charge in [0.25, 0.3) is 0 Å². The Bertz CT molecular complexity index is 895. The number of hydrazine groups is 2. The molecule has 0 aliphatic carbocycles. The summed E-state index contributed by atoms with van der Waals surface area (Å²) >= 11 is 0. The largest absolute Gasteiger partial charge is 0.480 e. The van der Waals surface area contributed by atoms with Crippen LogP contribution in [0.4, 0.5) is 0 Å². The number of nitrogens with one attached hydrogen (secondary N) is 3. The van der Waals surface area contributed by atoms with Crippen LogP contribution in [0.1, 0.15) is 11.1 Å². The van der Waals surface area contributed by atoms with Crippen molar-refractivity contribution in [3.8, 4) is 17.6 Å². The molecular formula is C17H16N4O4. The first-order valence-corrected chi connectivity index (χ1v) is 7.47. The third-order valence-electron chi connectivity index (χ3n) is 3.57. The van der Waals surface area contributed by atoms with Gasteiger partial charge in [0.2, 0.25) is 5.56 Å². The minimum Gasteiger partial charge on any atom is -0.480 e. The third kappa shape index (κ3) is 4.05. The Balaban J connectivity index is 1.68. The minimum absolute atomic E-state index is 0.0868. The maximum atomic E-state index is 11.3. The average Bonchev–Trinajstić information content (AvgIpc) is 3.06. The zero-order valence-corrected chi connectivity index (χ0v) is 13.3. The molecule has 2 aromatic rings. The number of carbonyl (C=O) groups is 1. The van der Waals surface area contributed by atoms with E-state index in [0.717, 1.165) is 11.1 Å². The molecule has 2 atom stereocenters. The molecule has 2 heterocycles. The fraction of sp³-hybridized carbons (Fsp3) is 0.176. The molecule has 1 aliphatic heterocycles. The highest BCUT2D eigenvalue weighted by Crippen LogP contribution is 2.15. The number of carboxylic acids is 1. The summed E-state index contributed by atoms with van der Waals surface area (Å²) in [6.07, 6.45) is 0.935. The molecule has 1 fully saturated rings. The second-order valence-electron chi connectivity index (χ2n) is 5.41. The molecule has 0 amide bonds. The van der Waals surface area contributed by atoms with Gasteiger partial charge in [-0.2, -0.15) is 5.53 Å². The topological polar surface area (TPSA) is 105 Å². The lowest BCUT2D eigenvalue weighted by Crippen LogP contribution is -2.44. The molecule has 2 unspecified atom stereocenters.